The molecular formula is C9H9N3O2. The van der Waals surface area contributed by atoms with Gasteiger partial charge in [0.1, 0.15) is 0 Å². The first-order valence-corrected chi connectivity index (χ1v) is 4.08. The average Bonchev–Trinajstić information content (AvgIpc) is 2.58. The molecule has 1 aromatic carbocycles. The van der Waals surface area contributed by atoms with Crippen LogP contribution in [0.5, 0.6) is 0 Å². The Morgan fingerprint density at radius 2 is 2.14 bits per heavy atom. The highest BCUT2D eigenvalue weighted by Gasteiger charge is 2.02. The highest BCUT2D eigenvalue weighted by Crippen LogP contribution is 2.21. The SMILES string of the molecule is O=C(O)NNc1c[nH]c2ccccc12. The maximum atomic E-state index is 10.2. The van der Waals surface area contributed by atoms with Crippen molar-refractivity contribution in [2.75, 3.05) is 5.43 Å². The fourth-order valence-corrected chi connectivity index (χ4v) is 1.30. The number of hydrazine groups is 1. The Kier molecular flexibility index (Phi) is 1.98. The van der Waals surface area contributed by atoms with Gasteiger partial charge in [0.15, 0.2) is 0 Å². The molecule has 0 radical (unpaired) electrons. The molecule has 0 unspecified atom stereocenters. The minimum absolute atomic E-state index is 0.711. The van der Waals surface area contributed by atoms with Gasteiger partial charge in [0.25, 0.3) is 0 Å². The summed E-state index contributed by atoms with van der Waals surface area (Å²) in [6.07, 6.45) is 0.593. The number of carboxylic acid groups (broad SMARTS) is 1. The van der Waals surface area contributed by atoms with E-state index >= 15 is 0 Å². The summed E-state index contributed by atoms with van der Waals surface area (Å²) in [5, 5.41) is 9.35. The van der Waals surface area contributed by atoms with E-state index in [1.54, 1.807) is 6.20 Å². The summed E-state index contributed by atoms with van der Waals surface area (Å²) in [5.41, 5.74) is 6.34. The molecule has 5 heteroatoms. The molecule has 0 bridgehead atoms. The van der Waals surface area contributed by atoms with Crippen LogP contribution < -0.4 is 10.9 Å². The zero-order valence-electron chi connectivity index (χ0n) is 7.24. The lowest BCUT2D eigenvalue weighted by atomic mass is 10.2. The number of benzene rings is 1. The number of hydrogen-bond acceptors (Lipinski definition) is 2. The van der Waals surface area contributed by atoms with Crippen molar-refractivity contribution in [3.05, 3.63) is 30.5 Å². The second kappa shape index (κ2) is 3.29. The zero-order chi connectivity index (χ0) is 9.97. The molecule has 0 aliphatic carbocycles. The van der Waals surface area contributed by atoms with Crippen molar-refractivity contribution in [1.29, 1.82) is 0 Å². The molecule has 0 saturated carbocycles. The predicted molar refractivity (Wildman–Crippen MR) is 53.1 cm³/mol. The first kappa shape index (κ1) is 8.43. The van der Waals surface area contributed by atoms with Gasteiger partial charge < -0.3 is 10.1 Å². The third-order valence-corrected chi connectivity index (χ3v) is 1.89. The van der Waals surface area contributed by atoms with Gasteiger partial charge in [-0.1, -0.05) is 18.2 Å². The van der Waals surface area contributed by atoms with E-state index in [4.69, 9.17) is 5.11 Å². The Hall–Kier alpha value is -2.17. The Balaban J connectivity index is 2.29. The molecular weight excluding hydrogens is 182 g/mol. The lowest BCUT2D eigenvalue weighted by Crippen LogP contribution is -2.27. The summed E-state index contributed by atoms with van der Waals surface area (Å²) in [4.78, 5) is 13.3. The molecule has 0 saturated heterocycles. The van der Waals surface area contributed by atoms with E-state index in [1.807, 2.05) is 24.3 Å². The van der Waals surface area contributed by atoms with E-state index in [0.29, 0.717) is 5.69 Å². The van der Waals surface area contributed by atoms with Crippen molar-refractivity contribution in [2.45, 2.75) is 0 Å². The van der Waals surface area contributed by atoms with E-state index in [1.165, 1.54) is 0 Å². The van der Waals surface area contributed by atoms with Gasteiger partial charge in [0, 0.05) is 17.1 Å². The van der Waals surface area contributed by atoms with Gasteiger partial charge in [-0.3, -0.25) is 5.43 Å². The third-order valence-electron chi connectivity index (χ3n) is 1.89. The van der Waals surface area contributed by atoms with E-state index in [2.05, 4.69) is 15.8 Å². The van der Waals surface area contributed by atoms with Crippen LogP contribution in [0.1, 0.15) is 0 Å². The topological polar surface area (TPSA) is 77.2 Å². The monoisotopic (exact) mass is 191 g/mol. The number of para-hydroxylation sites is 1. The van der Waals surface area contributed by atoms with Gasteiger partial charge in [-0.15, -0.1) is 0 Å². The van der Waals surface area contributed by atoms with Crippen molar-refractivity contribution < 1.29 is 9.90 Å². The normalized spacial score (nSPS) is 10.0. The molecule has 1 aromatic heterocycles. The second-order valence-corrected chi connectivity index (χ2v) is 2.80. The molecule has 4 N–H and O–H groups in total. The summed E-state index contributed by atoms with van der Waals surface area (Å²) in [7, 11) is 0. The van der Waals surface area contributed by atoms with Crippen molar-refractivity contribution in [3.8, 4) is 0 Å². The summed E-state index contributed by atoms with van der Waals surface area (Å²) < 4.78 is 0. The quantitative estimate of drug-likeness (QED) is 0.546. The van der Waals surface area contributed by atoms with Crippen LogP contribution in [-0.2, 0) is 0 Å². The Morgan fingerprint density at radius 1 is 1.36 bits per heavy atom. The fourth-order valence-electron chi connectivity index (χ4n) is 1.30. The highest BCUT2D eigenvalue weighted by molar-refractivity contribution is 5.92. The van der Waals surface area contributed by atoms with Gasteiger partial charge in [0.2, 0.25) is 0 Å². The maximum Gasteiger partial charge on any atom is 0.423 e. The number of rotatable bonds is 2. The zero-order valence-corrected chi connectivity index (χ0v) is 7.24. The molecule has 0 spiro atoms. The number of fused-ring (bicyclic) bond motifs is 1. The Bertz CT molecular complexity index is 464. The first-order valence-electron chi connectivity index (χ1n) is 4.08. The highest BCUT2D eigenvalue weighted by atomic mass is 16.4. The summed E-state index contributed by atoms with van der Waals surface area (Å²) in [6, 6.07) is 7.62. The summed E-state index contributed by atoms with van der Waals surface area (Å²) in [6.45, 7) is 0. The molecule has 0 atom stereocenters. The lowest BCUT2D eigenvalue weighted by Gasteiger charge is -2.02. The van der Waals surface area contributed by atoms with Crippen LogP contribution in [0.3, 0.4) is 0 Å². The van der Waals surface area contributed by atoms with Crippen LogP contribution in [0, 0.1) is 0 Å². The number of hydrogen-bond donors (Lipinski definition) is 4. The van der Waals surface area contributed by atoms with Crippen LogP contribution >= 0.6 is 0 Å². The maximum absolute atomic E-state index is 10.2. The molecule has 1 heterocycles. The van der Waals surface area contributed by atoms with Crippen molar-refractivity contribution in [2.24, 2.45) is 0 Å². The van der Waals surface area contributed by atoms with Crippen molar-refractivity contribution in [3.63, 3.8) is 0 Å². The lowest BCUT2D eigenvalue weighted by molar-refractivity contribution is 0.197. The smallest absolute Gasteiger partial charge is 0.423 e. The molecule has 0 fully saturated rings. The van der Waals surface area contributed by atoms with Crippen molar-refractivity contribution in [1.82, 2.24) is 10.4 Å². The Morgan fingerprint density at radius 3 is 2.93 bits per heavy atom. The number of anilines is 1. The molecule has 2 rings (SSSR count). The van der Waals surface area contributed by atoms with Gasteiger partial charge >= 0.3 is 6.09 Å². The minimum atomic E-state index is -1.12. The fraction of sp³-hybridized carbons (Fsp3) is 0. The van der Waals surface area contributed by atoms with Crippen molar-refractivity contribution >= 4 is 22.7 Å². The standard InChI is InChI=1S/C9H9N3O2/c13-9(14)12-11-8-5-10-7-4-2-1-3-6(7)8/h1-5,10-12H,(H,13,14). The third kappa shape index (κ3) is 1.47. The number of amides is 1. The van der Waals surface area contributed by atoms with Crippen LogP contribution in [0.15, 0.2) is 30.5 Å². The summed E-state index contributed by atoms with van der Waals surface area (Å²) >= 11 is 0. The second-order valence-electron chi connectivity index (χ2n) is 2.80. The van der Waals surface area contributed by atoms with Gasteiger partial charge in [-0.2, -0.15) is 0 Å². The van der Waals surface area contributed by atoms with E-state index < -0.39 is 6.09 Å². The van der Waals surface area contributed by atoms with Gasteiger partial charge in [0.05, 0.1) is 5.69 Å². The predicted octanol–water partition coefficient (Wildman–Crippen LogP) is 1.76. The van der Waals surface area contributed by atoms with Crippen LogP contribution in [0.4, 0.5) is 10.5 Å². The van der Waals surface area contributed by atoms with Gasteiger partial charge in [-0.25, -0.2) is 10.2 Å². The average molecular weight is 191 g/mol. The number of nitrogens with one attached hydrogen (secondary N) is 3. The molecule has 0 aliphatic rings. The molecule has 72 valence electrons. The molecule has 14 heavy (non-hydrogen) atoms. The number of carbonyl (C=O) groups is 1. The van der Waals surface area contributed by atoms with Crippen LogP contribution in [0.2, 0.25) is 0 Å². The number of H-pyrrole nitrogens is 1. The van der Waals surface area contributed by atoms with E-state index in [0.717, 1.165) is 10.9 Å². The molecule has 0 aliphatic heterocycles. The summed E-state index contributed by atoms with van der Waals surface area (Å²) in [5.74, 6) is 0. The minimum Gasteiger partial charge on any atom is -0.464 e. The largest absolute Gasteiger partial charge is 0.464 e. The molecule has 2 aromatic rings. The number of aromatic nitrogens is 1. The Labute approximate surface area is 79.7 Å². The molecule has 1 amide bonds. The molecule has 5 nitrogen and oxygen atoms in total. The van der Waals surface area contributed by atoms with E-state index in [-0.39, 0.29) is 0 Å². The number of aromatic amines is 1. The first-order chi connectivity index (χ1) is 6.77. The van der Waals surface area contributed by atoms with Crippen LogP contribution in [0.25, 0.3) is 10.9 Å². The van der Waals surface area contributed by atoms with E-state index in [9.17, 15) is 4.79 Å². The van der Waals surface area contributed by atoms with Gasteiger partial charge in [-0.05, 0) is 6.07 Å². The van der Waals surface area contributed by atoms with Crippen LogP contribution in [-0.4, -0.2) is 16.2 Å².